The van der Waals surface area contributed by atoms with Crippen LogP contribution in [0.15, 0.2) is 35.4 Å². The first-order valence-corrected chi connectivity index (χ1v) is 5.13. The van der Waals surface area contributed by atoms with Crippen molar-refractivity contribution in [1.82, 2.24) is 0 Å². The standard InChI is InChI=1S/C12H7N3O4/c13-15-14-9-5-4-8(12(18)19)10-6(9)2-1-3-7(10)11(16)17/h1-5H,(H,16,17)(H,18,19). The molecule has 0 saturated heterocycles. The van der Waals surface area contributed by atoms with Crippen molar-refractivity contribution in [3.05, 3.63) is 51.9 Å². The van der Waals surface area contributed by atoms with Gasteiger partial charge >= 0.3 is 11.9 Å². The van der Waals surface area contributed by atoms with Crippen LogP contribution < -0.4 is 0 Å². The molecule has 7 heteroatoms. The van der Waals surface area contributed by atoms with Gasteiger partial charge in [-0.2, -0.15) is 0 Å². The molecule has 0 radical (unpaired) electrons. The van der Waals surface area contributed by atoms with Gasteiger partial charge in [-0.25, -0.2) is 9.59 Å². The first-order valence-electron chi connectivity index (χ1n) is 5.13. The molecule has 0 aliphatic rings. The van der Waals surface area contributed by atoms with E-state index in [0.29, 0.717) is 0 Å². The molecule has 2 N–H and O–H groups in total. The van der Waals surface area contributed by atoms with E-state index in [-0.39, 0.29) is 27.6 Å². The van der Waals surface area contributed by atoms with E-state index < -0.39 is 11.9 Å². The van der Waals surface area contributed by atoms with E-state index in [2.05, 4.69) is 10.0 Å². The number of hydrogen-bond donors (Lipinski definition) is 2. The largest absolute Gasteiger partial charge is 0.478 e. The second-order valence-corrected chi connectivity index (χ2v) is 3.66. The number of fused-ring (bicyclic) bond motifs is 1. The lowest BCUT2D eigenvalue weighted by atomic mass is 9.98. The zero-order chi connectivity index (χ0) is 14.0. The van der Waals surface area contributed by atoms with E-state index in [1.165, 1.54) is 30.3 Å². The molecule has 2 rings (SSSR count). The number of nitrogens with zero attached hydrogens (tertiary/aromatic N) is 3. The summed E-state index contributed by atoms with van der Waals surface area (Å²) in [5.74, 6) is -2.49. The highest BCUT2D eigenvalue weighted by Gasteiger charge is 2.17. The van der Waals surface area contributed by atoms with Crippen LogP contribution in [0, 0.1) is 0 Å². The van der Waals surface area contributed by atoms with E-state index in [4.69, 9.17) is 15.7 Å². The van der Waals surface area contributed by atoms with Gasteiger partial charge in [-0.15, -0.1) is 0 Å². The molecular weight excluding hydrogens is 250 g/mol. The molecule has 0 unspecified atom stereocenters. The molecule has 0 heterocycles. The highest BCUT2D eigenvalue weighted by molar-refractivity contribution is 6.15. The Kier molecular flexibility index (Phi) is 3.05. The van der Waals surface area contributed by atoms with Crippen LogP contribution in [0.2, 0.25) is 0 Å². The normalized spacial score (nSPS) is 9.89. The lowest BCUT2D eigenvalue weighted by molar-refractivity contribution is 0.0695. The molecule has 19 heavy (non-hydrogen) atoms. The first kappa shape index (κ1) is 12.4. The Balaban J connectivity index is 3.01. The SMILES string of the molecule is [N-]=[N+]=Nc1ccc(C(=O)O)c2c(C(=O)O)cccc12. The molecule has 0 aliphatic carbocycles. The van der Waals surface area contributed by atoms with Crippen LogP contribution in [0.3, 0.4) is 0 Å². The van der Waals surface area contributed by atoms with E-state index in [0.717, 1.165) is 0 Å². The topological polar surface area (TPSA) is 123 Å². The van der Waals surface area contributed by atoms with Gasteiger partial charge in [0.2, 0.25) is 0 Å². The molecule has 94 valence electrons. The van der Waals surface area contributed by atoms with Crippen LogP contribution in [0.25, 0.3) is 21.2 Å². The maximum atomic E-state index is 11.2. The Labute approximate surface area is 106 Å². The molecule has 0 aromatic heterocycles. The lowest BCUT2D eigenvalue weighted by Crippen LogP contribution is -2.04. The van der Waals surface area contributed by atoms with Gasteiger partial charge in [0.05, 0.1) is 11.1 Å². The van der Waals surface area contributed by atoms with E-state index in [9.17, 15) is 9.59 Å². The summed E-state index contributed by atoms with van der Waals surface area (Å²) >= 11 is 0. The van der Waals surface area contributed by atoms with Gasteiger partial charge in [0.25, 0.3) is 0 Å². The molecule has 0 bridgehead atoms. The number of carboxylic acids is 2. The number of rotatable bonds is 3. The Morgan fingerprint density at radius 2 is 1.68 bits per heavy atom. The Bertz CT molecular complexity index is 728. The summed E-state index contributed by atoms with van der Waals surface area (Å²) in [5, 5.41) is 22.0. The molecule has 2 aromatic carbocycles. The fraction of sp³-hybridized carbons (Fsp3) is 0. The molecule has 0 atom stereocenters. The van der Waals surface area contributed by atoms with Crippen LogP contribution in [0.5, 0.6) is 0 Å². The molecule has 0 saturated carbocycles. The summed E-state index contributed by atoms with van der Waals surface area (Å²) in [6.45, 7) is 0. The van der Waals surface area contributed by atoms with Crippen LogP contribution in [0.4, 0.5) is 5.69 Å². The van der Waals surface area contributed by atoms with Gasteiger partial charge in [0.1, 0.15) is 0 Å². The van der Waals surface area contributed by atoms with Gasteiger partial charge in [0, 0.05) is 16.0 Å². The maximum Gasteiger partial charge on any atom is 0.336 e. The van der Waals surface area contributed by atoms with E-state index in [1.54, 1.807) is 0 Å². The molecule has 0 amide bonds. The van der Waals surface area contributed by atoms with Gasteiger partial charge in [-0.3, -0.25) is 0 Å². The van der Waals surface area contributed by atoms with Crippen LogP contribution in [-0.4, -0.2) is 22.2 Å². The first-order chi connectivity index (χ1) is 9.06. The Morgan fingerprint density at radius 1 is 1.05 bits per heavy atom. The number of benzene rings is 2. The average molecular weight is 257 g/mol. The number of hydrogen-bond acceptors (Lipinski definition) is 3. The van der Waals surface area contributed by atoms with Gasteiger partial charge < -0.3 is 10.2 Å². The summed E-state index contributed by atoms with van der Waals surface area (Å²) < 4.78 is 0. The summed E-state index contributed by atoms with van der Waals surface area (Å²) in [5.41, 5.74) is 8.35. The van der Waals surface area contributed by atoms with Gasteiger partial charge in [-0.1, -0.05) is 23.3 Å². The quantitative estimate of drug-likeness (QED) is 0.497. The molecule has 0 fully saturated rings. The molecule has 7 nitrogen and oxygen atoms in total. The van der Waals surface area contributed by atoms with Crippen LogP contribution in [-0.2, 0) is 0 Å². The second-order valence-electron chi connectivity index (χ2n) is 3.66. The van der Waals surface area contributed by atoms with Crippen molar-refractivity contribution >= 4 is 28.4 Å². The number of aromatic carboxylic acids is 2. The van der Waals surface area contributed by atoms with E-state index in [1.807, 2.05) is 0 Å². The number of carbonyl (C=O) groups is 2. The van der Waals surface area contributed by atoms with E-state index >= 15 is 0 Å². The summed E-state index contributed by atoms with van der Waals surface area (Å²) in [4.78, 5) is 25.0. The Morgan fingerprint density at radius 3 is 2.26 bits per heavy atom. The minimum Gasteiger partial charge on any atom is -0.478 e. The van der Waals surface area contributed by atoms with Crippen LogP contribution >= 0.6 is 0 Å². The third kappa shape index (κ3) is 2.05. The minimum atomic E-state index is -1.24. The molecule has 2 aromatic rings. The fourth-order valence-corrected chi connectivity index (χ4v) is 1.88. The third-order valence-electron chi connectivity index (χ3n) is 2.63. The predicted octanol–water partition coefficient (Wildman–Crippen LogP) is 3.18. The second kappa shape index (κ2) is 4.67. The highest BCUT2D eigenvalue weighted by Crippen LogP contribution is 2.31. The van der Waals surface area contributed by atoms with Crippen molar-refractivity contribution < 1.29 is 19.8 Å². The lowest BCUT2D eigenvalue weighted by Gasteiger charge is -2.08. The zero-order valence-corrected chi connectivity index (χ0v) is 9.44. The molecule has 0 spiro atoms. The smallest absolute Gasteiger partial charge is 0.336 e. The monoisotopic (exact) mass is 257 g/mol. The van der Waals surface area contributed by atoms with Crippen molar-refractivity contribution in [3.8, 4) is 0 Å². The molecular formula is C12H7N3O4. The fourth-order valence-electron chi connectivity index (χ4n) is 1.88. The number of carboxylic acid groups (broad SMARTS) is 2. The summed E-state index contributed by atoms with van der Waals surface area (Å²) in [6.07, 6.45) is 0. The van der Waals surface area contributed by atoms with Crippen molar-refractivity contribution in [3.63, 3.8) is 0 Å². The molecule has 0 aliphatic heterocycles. The van der Waals surface area contributed by atoms with Crippen molar-refractivity contribution in [2.24, 2.45) is 5.11 Å². The van der Waals surface area contributed by atoms with Crippen molar-refractivity contribution in [2.45, 2.75) is 0 Å². The average Bonchev–Trinajstić information content (AvgIpc) is 2.38. The van der Waals surface area contributed by atoms with Crippen molar-refractivity contribution in [2.75, 3.05) is 0 Å². The van der Waals surface area contributed by atoms with Crippen LogP contribution in [0.1, 0.15) is 20.7 Å². The highest BCUT2D eigenvalue weighted by atomic mass is 16.4. The van der Waals surface area contributed by atoms with Gasteiger partial charge in [0.15, 0.2) is 0 Å². The zero-order valence-electron chi connectivity index (χ0n) is 9.44. The van der Waals surface area contributed by atoms with Crippen molar-refractivity contribution in [1.29, 1.82) is 0 Å². The Hall–Kier alpha value is -3.05. The predicted molar refractivity (Wildman–Crippen MR) is 66.7 cm³/mol. The summed E-state index contributed by atoms with van der Waals surface area (Å²) in [7, 11) is 0. The summed E-state index contributed by atoms with van der Waals surface area (Å²) in [6, 6.07) is 6.85. The maximum absolute atomic E-state index is 11.2. The minimum absolute atomic E-state index is 0.0485. The third-order valence-corrected chi connectivity index (χ3v) is 2.63. The van der Waals surface area contributed by atoms with Gasteiger partial charge in [-0.05, 0) is 23.1 Å². The number of azide groups is 1.